The van der Waals surface area contributed by atoms with Gasteiger partial charge in [0.15, 0.2) is 0 Å². The maximum absolute atomic E-state index is 12.8. The van der Waals surface area contributed by atoms with Crippen LogP contribution in [0, 0.1) is 0 Å². The highest BCUT2D eigenvalue weighted by Gasteiger charge is 2.40. The fraction of sp³-hybridized carbons (Fsp3) is 0.381. The first-order valence-electron chi connectivity index (χ1n) is 9.34. The molecule has 1 aliphatic rings. The zero-order valence-corrected chi connectivity index (χ0v) is 16.8. The Bertz CT molecular complexity index is 960. The molecule has 0 aliphatic carbocycles. The number of dihydropyridines is 1. The average molecular weight is 383 g/mol. The van der Waals surface area contributed by atoms with Crippen LogP contribution < -0.4 is 5.32 Å². The molecule has 7 heteroatoms. The highest BCUT2D eigenvalue weighted by Crippen LogP contribution is 2.39. The maximum atomic E-state index is 12.8. The molecule has 2 aromatic rings. The fourth-order valence-corrected chi connectivity index (χ4v) is 3.63. The second-order valence-electron chi connectivity index (χ2n) is 6.59. The number of aromatic nitrogens is 2. The Balaban J connectivity index is 2.26. The molecular formula is C21H25N3O4. The molecule has 3 rings (SSSR count). The minimum absolute atomic E-state index is 0.238. The number of aryl methyl sites for hydroxylation is 1. The van der Waals surface area contributed by atoms with Crippen LogP contribution in [0.3, 0.4) is 0 Å². The van der Waals surface area contributed by atoms with E-state index in [1.165, 1.54) is 0 Å². The Labute approximate surface area is 164 Å². The summed E-state index contributed by atoms with van der Waals surface area (Å²) in [6.45, 7) is 7.58. The minimum Gasteiger partial charge on any atom is -0.463 e. The van der Waals surface area contributed by atoms with Crippen LogP contribution >= 0.6 is 0 Å². The zero-order chi connectivity index (χ0) is 20.4. The molecule has 1 aliphatic heterocycles. The van der Waals surface area contributed by atoms with Crippen LogP contribution in [0.1, 0.15) is 39.4 Å². The molecule has 7 nitrogen and oxygen atoms in total. The van der Waals surface area contributed by atoms with Gasteiger partial charge in [0.05, 0.1) is 41.3 Å². The monoisotopic (exact) mass is 383 g/mol. The molecule has 0 amide bonds. The van der Waals surface area contributed by atoms with Crippen molar-refractivity contribution >= 4 is 23.0 Å². The molecule has 2 heterocycles. The van der Waals surface area contributed by atoms with Gasteiger partial charge in [-0.15, -0.1) is 0 Å². The SMILES string of the molecule is CCOC(=O)C1=C(C)NC(C)=C(C(=O)OCC)C1c1nc2ccccc2n1C. The highest BCUT2D eigenvalue weighted by atomic mass is 16.5. The van der Waals surface area contributed by atoms with Gasteiger partial charge in [-0.3, -0.25) is 0 Å². The quantitative estimate of drug-likeness (QED) is 0.800. The van der Waals surface area contributed by atoms with Crippen LogP contribution in [0.4, 0.5) is 0 Å². The number of para-hydroxylation sites is 2. The Hall–Kier alpha value is -3.09. The molecule has 0 unspecified atom stereocenters. The largest absolute Gasteiger partial charge is 0.463 e. The summed E-state index contributed by atoms with van der Waals surface area (Å²) < 4.78 is 12.5. The van der Waals surface area contributed by atoms with E-state index < -0.39 is 17.9 Å². The number of esters is 2. The van der Waals surface area contributed by atoms with E-state index >= 15 is 0 Å². The number of rotatable bonds is 5. The van der Waals surface area contributed by atoms with E-state index in [1.54, 1.807) is 27.7 Å². The lowest BCUT2D eigenvalue weighted by atomic mass is 9.84. The van der Waals surface area contributed by atoms with Crippen molar-refractivity contribution in [3.8, 4) is 0 Å². The van der Waals surface area contributed by atoms with Gasteiger partial charge >= 0.3 is 11.9 Å². The first kappa shape index (κ1) is 19.7. The molecule has 1 aromatic heterocycles. The van der Waals surface area contributed by atoms with Crippen molar-refractivity contribution in [2.45, 2.75) is 33.6 Å². The van der Waals surface area contributed by atoms with Gasteiger partial charge in [-0.25, -0.2) is 14.6 Å². The molecule has 0 bridgehead atoms. The third-order valence-electron chi connectivity index (χ3n) is 4.83. The van der Waals surface area contributed by atoms with Crippen molar-refractivity contribution in [1.82, 2.24) is 14.9 Å². The molecule has 0 radical (unpaired) electrons. The minimum atomic E-state index is -0.684. The van der Waals surface area contributed by atoms with Crippen molar-refractivity contribution in [1.29, 1.82) is 0 Å². The summed E-state index contributed by atoms with van der Waals surface area (Å²) >= 11 is 0. The van der Waals surface area contributed by atoms with Crippen molar-refractivity contribution in [2.24, 2.45) is 7.05 Å². The van der Waals surface area contributed by atoms with E-state index in [-0.39, 0.29) is 13.2 Å². The topological polar surface area (TPSA) is 82.4 Å². The first-order chi connectivity index (χ1) is 13.4. The average Bonchev–Trinajstić information content (AvgIpc) is 2.98. The zero-order valence-electron chi connectivity index (χ0n) is 16.8. The van der Waals surface area contributed by atoms with E-state index in [0.717, 1.165) is 11.0 Å². The molecule has 1 aromatic carbocycles. The lowest BCUT2D eigenvalue weighted by Crippen LogP contribution is -2.33. The van der Waals surface area contributed by atoms with Crippen LogP contribution in [-0.2, 0) is 26.1 Å². The number of benzene rings is 1. The third-order valence-corrected chi connectivity index (χ3v) is 4.83. The van der Waals surface area contributed by atoms with Crippen LogP contribution in [0.15, 0.2) is 46.8 Å². The Morgan fingerprint density at radius 2 is 1.57 bits per heavy atom. The molecule has 0 saturated heterocycles. The predicted molar refractivity (Wildman–Crippen MR) is 105 cm³/mol. The van der Waals surface area contributed by atoms with Crippen LogP contribution in [0.5, 0.6) is 0 Å². The van der Waals surface area contributed by atoms with E-state index in [1.807, 2.05) is 35.9 Å². The highest BCUT2D eigenvalue weighted by molar-refractivity contribution is 5.99. The van der Waals surface area contributed by atoms with Gasteiger partial charge < -0.3 is 19.4 Å². The summed E-state index contributed by atoms with van der Waals surface area (Å²) in [5, 5.41) is 3.13. The van der Waals surface area contributed by atoms with Crippen molar-refractivity contribution in [3.63, 3.8) is 0 Å². The molecule has 148 valence electrons. The summed E-state index contributed by atoms with van der Waals surface area (Å²) in [4.78, 5) is 30.4. The molecular weight excluding hydrogens is 358 g/mol. The van der Waals surface area contributed by atoms with Crippen LogP contribution in [-0.4, -0.2) is 34.7 Å². The molecule has 1 N–H and O–H groups in total. The van der Waals surface area contributed by atoms with Gasteiger partial charge in [0.2, 0.25) is 0 Å². The number of carbonyl (C=O) groups excluding carboxylic acids is 2. The van der Waals surface area contributed by atoms with Gasteiger partial charge in [-0.05, 0) is 39.8 Å². The van der Waals surface area contributed by atoms with Gasteiger partial charge in [-0.2, -0.15) is 0 Å². The Kier molecular flexibility index (Phi) is 5.53. The van der Waals surface area contributed by atoms with Crippen LogP contribution in [0.2, 0.25) is 0 Å². The van der Waals surface area contributed by atoms with Gasteiger partial charge in [0.1, 0.15) is 5.82 Å². The molecule has 0 spiro atoms. The maximum Gasteiger partial charge on any atom is 0.336 e. The number of hydrogen-bond acceptors (Lipinski definition) is 6. The predicted octanol–water partition coefficient (Wildman–Crippen LogP) is 2.93. The van der Waals surface area contributed by atoms with E-state index in [2.05, 4.69) is 5.32 Å². The Morgan fingerprint density at radius 1 is 1.04 bits per heavy atom. The lowest BCUT2D eigenvalue weighted by molar-refractivity contribution is -0.139. The molecule has 0 atom stereocenters. The van der Waals surface area contributed by atoms with E-state index in [9.17, 15) is 9.59 Å². The first-order valence-corrected chi connectivity index (χ1v) is 9.34. The number of carbonyl (C=O) groups is 2. The normalized spacial score (nSPS) is 15.0. The van der Waals surface area contributed by atoms with E-state index in [0.29, 0.717) is 28.4 Å². The number of ether oxygens (including phenoxy) is 2. The number of nitrogens with one attached hydrogen (secondary N) is 1. The summed E-state index contributed by atoms with van der Waals surface area (Å²) in [5.74, 6) is -1.04. The smallest absolute Gasteiger partial charge is 0.336 e. The van der Waals surface area contributed by atoms with Crippen molar-refractivity contribution in [2.75, 3.05) is 13.2 Å². The van der Waals surface area contributed by atoms with Crippen LogP contribution in [0.25, 0.3) is 11.0 Å². The second kappa shape index (κ2) is 7.88. The number of allylic oxidation sites excluding steroid dienone is 2. The van der Waals surface area contributed by atoms with Crippen molar-refractivity contribution < 1.29 is 19.1 Å². The summed E-state index contributed by atoms with van der Waals surface area (Å²) in [7, 11) is 1.88. The van der Waals surface area contributed by atoms with Crippen molar-refractivity contribution in [3.05, 3.63) is 52.6 Å². The second-order valence-corrected chi connectivity index (χ2v) is 6.59. The standard InChI is InChI=1S/C21H25N3O4/c1-6-27-20(25)16-12(3)22-13(4)17(21(26)28-7-2)18(16)19-23-14-10-8-9-11-15(14)24(19)5/h8-11,18,22H,6-7H2,1-5H3. The lowest BCUT2D eigenvalue weighted by Gasteiger charge is -2.29. The molecule has 28 heavy (non-hydrogen) atoms. The number of imidazole rings is 1. The van der Waals surface area contributed by atoms with E-state index in [4.69, 9.17) is 14.5 Å². The molecule has 0 saturated carbocycles. The number of nitrogens with zero attached hydrogens (tertiary/aromatic N) is 2. The number of hydrogen-bond donors (Lipinski definition) is 1. The van der Waals surface area contributed by atoms with Gasteiger partial charge in [0, 0.05) is 18.4 Å². The summed E-state index contributed by atoms with van der Waals surface area (Å²) in [5.41, 5.74) is 3.72. The molecule has 0 fully saturated rings. The van der Waals surface area contributed by atoms with Gasteiger partial charge in [0.25, 0.3) is 0 Å². The third kappa shape index (κ3) is 3.28. The fourth-order valence-electron chi connectivity index (χ4n) is 3.63. The summed E-state index contributed by atoms with van der Waals surface area (Å²) in [6.07, 6.45) is 0. The van der Waals surface area contributed by atoms with Gasteiger partial charge in [-0.1, -0.05) is 12.1 Å². The summed E-state index contributed by atoms with van der Waals surface area (Å²) in [6, 6.07) is 7.69. The Morgan fingerprint density at radius 3 is 2.07 bits per heavy atom. The number of fused-ring (bicyclic) bond motifs is 1.